The molecule has 0 aliphatic rings. The Hall–Kier alpha value is -2.11. The van der Waals surface area contributed by atoms with Gasteiger partial charge in [-0.15, -0.1) is 0 Å². The maximum Gasteiger partial charge on any atom is 0.336 e. The van der Waals surface area contributed by atoms with Crippen molar-refractivity contribution in [3.8, 4) is 5.75 Å². The van der Waals surface area contributed by atoms with Gasteiger partial charge in [-0.1, -0.05) is 0 Å². The summed E-state index contributed by atoms with van der Waals surface area (Å²) in [4.78, 5) is 10.1. The van der Waals surface area contributed by atoms with Crippen LogP contribution in [0.5, 0.6) is 5.75 Å². The summed E-state index contributed by atoms with van der Waals surface area (Å²) in [7, 11) is 1.59. The minimum Gasteiger partial charge on any atom is -0.502 e. The number of phenols is 1. The molecule has 1 heterocycles. The molecule has 6 nitrogen and oxygen atoms in total. The SMILES string of the molecule is Cn1ncc2ccc(O)c([N+](=O)[O-])c21. The van der Waals surface area contributed by atoms with Gasteiger partial charge in [-0.05, 0) is 12.1 Å². The zero-order valence-corrected chi connectivity index (χ0v) is 7.34. The van der Waals surface area contributed by atoms with Gasteiger partial charge in [0.25, 0.3) is 0 Å². The van der Waals surface area contributed by atoms with Gasteiger partial charge in [0.15, 0.2) is 5.75 Å². The number of aromatic nitrogens is 2. The zero-order chi connectivity index (χ0) is 10.3. The number of phenolic OH excluding ortho intramolecular Hbond substituents is 1. The van der Waals surface area contributed by atoms with E-state index < -0.39 is 4.92 Å². The molecule has 72 valence electrons. The van der Waals surface area contributed by atoms with Crippen LogP contribution in [0.3, 0.4) is 0 Å². The van der Waals surface area contributed by atoms with Crippen LogP contribution in [-0.2, 0) is 7.05 Å². The summed E-state index contributed by atoms with van der Waals surface area (Å²) in [5, 5.41) is 24.5. The Morgan fingerprint density at radius 2 is 2.29 bits per heavy atom. The third-order valence-corrected chi connectivity index (χ3v) is 2.04. The zero-order valence-electron chi connectivity index (χ0n) is 7.34. The summed E-state index contributed by atoms with van der Waals surface area (Å²) < 4.78 is 1.37. The van der Waals surface area contributed by atoms with Crippen molar-refractivity contribution < 1.29 is 10.0 Å². The number of aryl methyl sites for hydroxylation is 1. The molecule has 0 aliphatic carbocycles. The van der Waals surface area contributed by atoms with Gasteiger partial charge >= 0.3 is 5.69 Å². The predicted octanol–water partition coefficient (Wildman–Crippen LogP) is 1.19. The topological polar surface area (TPSA) is 81.2 Å². The molecule has 0 radical (unpaired) electrons. The number of hydrogen-bond donors (Lipinski definition) is 1. The molecule has 1 aromatic heterocycles. The first-order valence-corrected chi connectivity index (χ1v) is 3.89. The summed E-state index contributed by atoms with van der Waals surface area (Å²) >= 11 is 0. The van der Waals surface area contributed by atoms with Gasteiger partial charge in [-0.25, -0.2) is 0 Å². The third-order valence-electron chi connectivity index (χ3n) is 2.04. The first-order chi connectivity index (χ1) is 6.61. The lowest BCUT2D eigenvalue weighted by molar-refractivity contribution is -0.384. The van der Waals surface area contributed by atoms with Crippen LogP contribution in [0, 0.1) is 10.1 Å². The second-order valence-corrected chi connectivity index (χ2v) is 2.90. The molecule has 2 rings (SSSR count). The number of rotatable bonds is 1. The third kappa shape index (κ3) is 1.00. The Morgan fingerprint density at radius 3 is 2.93 bits per heavy atom. The van der Waals surface area contributed by atoms with Crippen molar-refractivity contribution >= 4 is 16.6 Å². The second kappa shape index (κ2) is 2.69. The number of fused-ring (bicyclic) bond motifs is 1. The van der Waals surface area contributed by atoms with E-state index in [-0.39, 0.29) is 11.4 Å². The van der Waals surface area contributed by atoms with E-state index in [1.165, 1.54) is 16.9 Å². The normalized spacial score (nSPS) is 10.6. The minimum absolute atomic E-state index is 0.303. The summed E-state index contributed by atoms with van der Waals surface area (Å²) in [6.07, 6.45) is 1.52. The molecule has 0 bridgehead atoms. The summed E-state index contributed by atoms with van der Waals surface area (Å²) in [6, 6.07) is 2.88. The van der Waals surface area contributed by atoms with E-state index in [4.69, 9.17) is 0 Å². The molecule has 0 unspecified atom stereocenters. The van der Waals surface area contributed by atoms with Gasteiger partial charge in [0.05, 0.1) is 11.1 Å². The van der Waals surface area contributed by atoms with Crippen LogP contribution in [-0.4, -0.2) is 19.8 Å². The number of nitrogens with zero attached hydrogens (tertiary/aromatic N) is 3. The molecule has 2 aromatic rings. The number of aromatic hydroxyl groups is 1. The fraction of sp³-hybridized carbons (Fsp3) is 0.125. The predicted molar refractivity (Wildman–Crippen MR) is 49.0 cm³/mol. The number of hydrogen-bond acceptors (Lipinski definition) is 4. The quantitative estimate of drug-likeness (QED) is 0.544. The van der Waals surface area contributed by atoms with E-state index in [1.54, 1.807) is 13.1 Å². The molecule has 0 atom stereocenters. The van der Waals surface area contributed by atoms with Crippen LogP contribution in [0.2, 0.25) is 0 Å². The first kappa shape index (κ1) is 8.49. The van der Waals surface area contributed by atoms with E-state index >= 15 is 0 Å². The standard InChI is InChI=1S/C8H7N3O3/c1-10-7-5(4-9-10)2-3-6(12)8(7)11(13)14/h2-4,12H,1H3. The highest BCUT2D eigenvalue weighted by Crippen LogP contribution is 2.33. The van der Waals surface area contributed by atoms with E-state index in [0.717, 1.165) is 0 Å². The largest absolute Gasteiger partial charge is 0.502 e. The lowest BCUT2D eigenvalue weighted by atomic mass is 10.2. The molecule has 14 heavy (non-hydrogen) atoms. The van der Waals surface area contributed by atoms with Crippen LogP contribution in [0.25, 0.3) is 10.9 Å². The van der Waals surface area contributed by atoms with Crippen LogP contribution in [0.1, 0.15) is 0 Å². The van der Waals surface area contributed by atoms with Crippen LogP contribution in [0.15, 0.2) is 18.3 Å². The van der Waals surface area contributed by atoms with Crippen molar-refractivity contribution in [1.29, 1.82) is 0 Å². The van der Waals surface area contributed by atoms with Crippen LogP contribution in [0.4, 0.5) is 5.69 Å². The smallest absolute Gasteiger partial charge is 0.336 e. The number of nitro benzene ring substituents is 1. The Labute approximate surface area is 78.5 Å². The molecule has 0 amide bonds. The highest BCUT2D eigenvalue weighted by molar-refractivity contribution is 5.90. The van der Waals surface area contributed by atoms with Gasteiger partial charge in [0.1, 0.15) is 5.52 Å². The average molecular weight is 193 g/mol. The van der Waals surface area contributed by atoms with Gasteiger partial charge in [-0.3, -0.25) is 14.8 Å². The maximum atomic E-state index is 10.7. The number of nitro groups is 1. The van der Waals surface area contributed by atoms with E-state index in [0.29, 0.717) is 10.9 Å². The molecule has 0 spiro atoms. The molecule has 0 fully saturated rings. The molecule has 0 saturated carbocycles. The fourth-order valence-corrected chi connectivity index (χ4v) is 1.42. The molecule has 6 heteroatoms. The maximum absolute atomic E-state index is 10.7. The molecular formula is C8H7N3O3. The second-order valence-electron chi connectivity index (χ2n) is 2.90. The van der Waals surface area contributed by atoms with Crippen molar-refractivity contribution in [3.63, 3.8) is 0 Å². The highest BCUT2D eigenvalue weighted by Gasteiger charge is 2.20. The Bertz CT molecular complexity index is 518. The molecule has 0 saturated heterocycles. The van der Waals surface area contributed by atoms with E-state index in [1.807, 2.05) is 0 Å². The highest BCUT2D eigenvalue weighted by atomic mass is 16.6. The lowest BCUT2D eigenvalue weighted by Crippen LogP contribution is -1.95. The van der Waals surface area contributed by atoms with Crippen molar-refractivity contribution in [1.82, 2.24) is 9.78 Å². The molecular weight excluding hydrogens is 186 g/mol. The van der Waals surface area contributed by atoms with Crippen LogP contribution < -0.4 is 0 Å². The Kier molecular flexibility index (Phi) is 1.63. The first-order valence-electron chi connectivity index (χ1n) is 3.89. The van der Waals surface area contributed by atoms with Crippen LogP contribution >= 0.6 is 0 Å². The van der Waals surface area contributed by atoms with Crippen molar-refractivity contribution in [3.05, 3.63) is 28.4 Å². The molecule has 0 aliphatic heterocycles. The van der Waals surface area contributed by atoms with E-state index in [2.05, 4.69) is 5.10 Å². The van der Waals surface area contributed by atoms with Crippen molar-refractivity contribution in [2.75, 3.05) is 0 Å². The van der Waals surface area contributed by atoms with Gasteiger partial charge in [0.2, 0.25) is 0 Å². The fourth-order valence-electron chi connectivity index (χ4n) is 1.42. The van der Waals surface area contributed by atoms with Gasteiger partial charge in [0, 0.05) is 12.4 Å². The Morgan fingerprint density at radius 1 is 1.57 bits per heavy atom. The summed E-state index contributed by atoms with van der Waals surface area (Å²) in [6.45, 7) is 0. The Balaban J connectivity index is 2.94. The number of benzene rings is 1. The lowest BCUT2D eigenvalue weighted by Gasteiger charge is -1.98. The van der Waals surface area contributed by atoms with Crippen molar-refractivity contribution in [2.45, 2.75) is 0 Å². The monoisotopic (exact) mass is 193 g/mol. The minimum atomic E-state index is -0.612. The average Bonchev–Trinajstić information content (AvgIpc) is 2.47. The van der Waals surface area contributed by atoms with Crippen molar-refractivity contribution in [2.24, 2.45) is 7.05 Å². The molecule has 1 aromatic carbocycles. The molecule has 1 N–H and O–H groups in total. The van der Waals surface area contributed by atoms with Gasteiger partial charge < -0.3 is 5.11 Å². The summed E-state index contributed by atoms with van der Waals surface area (Å²) in [5.74, 6) is -0.342. The van der Waals surface area contributed by atoms with Gasteiger partial charge in [-0.2, -0.15) is 5.10 Å². The van der Waals surface area contributed by atoms with E-state index in [9.17, 15) is 15.2 Å². The summed E-state index contributed by atoms with van der Waals surface area (Å²) in [5.41, 5.74) is 0.0255.